The van der Waals surface area contributed by atoms with Gasteiger partial charge in [0.05, 0.1) is 7.11 Å². The van der Waals surface area contributed by atoms with Crippen LogP contribution in [0.25, 0.3) is 0 Å². The molecule has 19 heavy (non-hydrogen) atoms. The zero-order valence-corrected chi connectivity index (χ0v) is 12.1. The topological polar surface area (TPSA) is 29.5 Å². The predicted octanol–water partition coefficient (Wildman–Crippen LogP) is 2.88. The van der Waals surface area contributed by atoms with Crippen LogP contribution in [-0.4, -0.2) is 31.0 Å². The molecule has 1 unspecified atom stereocenters. The van der Waals surface area contributed by atoms with Crippen molar-refractivity contribution in [1.82, 2.24) is 4.90 Å². The van der Waals surface area contributed by atoms with Gasteiger partial charge in [0.25, 0.3) is 0 Å². The van der Waals surface area contributed by atoms with E-state index in [4.69, 9.17) is 4.74 Å². The maximum atomic E-state index is 12.1. The first kappa shape index (κ1) is 13.9. The summed E-state index contributed by atoms with van der Waals surface area (Å²) in [7, 11) is 3.59. The average molecular weight is 261 g/mol. The summed E-state index contributed by atoms with van der Waals surface area (Å²) in [5.74, 6) is 1.82. The van der Waals surface area contributed by atoms with Gasteiger partial charge < -0.3 is 9.64 Å². The van der Waals surface area contributed by atoms with Crippen molar-refractivity contribution in [3.63, 3.8) is 0 Å². The standard InChI is InChI=1S/C16H23NO2/c1-12(14-8-9-14)17(2)16(18)10-7-13-5-4-6-15(11-13)19-3/h4-6,11-12,14H,7-10H2,1-3H3. The molecule has 2 rings (SSSR count). The third-order valence-corrected chi connectivity index (χ3v) is 4.07. The van der Waals surface area contributed by atoms with E-state index < -0.39 is 0 Å². The molecule has 0 N–H and O–H groups in total. The highest BCUT2D eigenvalue weighted by Crippen LogP contribution is 2.34. The van der Waals surface area contributed by atoms with Crippen LogP contribution in [-0.2, 0) is 11.2 Å². The average Bonchev–Trinajstić information content (AvgIpc) is 3.28. The predicted molar refractivity (Wildman–Crippen MR) is 76.3 cm³/mol. The summed E-state index contributed by atoms with van der Waals surface area (Å²) in [4.78, 5) is 14.1. The van der Waals surface area contributed by atoms with Gasteiger partial charge in [-0.3, -0.25) is 4.79 Å². The highest BCUT2D eigenvalue weighted by Gasteiger charge is 2.32. The molecule has 0 spiro atoms. The van der Waals surface area contributed by atoms with Gasteiger partial charge in [-0.1, -0.05) is 12.1 Å². The number of methoxy groups -OCH3 is 1. The minimum atomic E-state index is 0.238. The molecule has 1 fully saturated rings. The zero-order chi connectivity index (χ0) is 13.8. The van der Waals surface area contributed by atoms with Crippen LogP contribution in [0.4, 0.5) is 0 Å². The molecule has 1 aliphatic carbocycles. The quantitative estimate of drug-likeness (QED) is 0.788. The lowest BCUT2D eigenvalue weighted by Gasteiger charge is -2.25. The largest absolute Gasteiger partial charge is 0.497 e. The van der Waals surface area contributed by atoms with Gasteiger partial charge in [0, 0.05) is 19.5 Å². The van der Waals surface area contributed by atoms with E-state index >= 15 is 0 Å². The van der Waals surface area contributed by atoms with Crippen LogP contribution >= 0.6 is 0 Å². The van der Waals surface area contributed by atoms with Crippen LogP contribution in [0.5, 0.6) is 5.75 Å². The van der Waals surface area contributed by atoms with Crippen LogP contribution in [0.3, 0.4) is 0 Å². The van der Waals surface area contributed by atoms with Crippen molar-refractivity contribution in [2.75, 3.05) is 14.2 Å². The molecule has 0 heterocycles. The van der Waals surface area contributed by atoms with Crippen molar-refractivity contribution in [2.45, 2.75) is 38.6 Å². The molecular formula is C16H23NO2. The smallest absolute Gasteiger partial charge is 0.222 e. The molecular weight excluding hydrogens is 238 g/mol. The second kappa shape index (κ2) is 6.09. The summed E-state index contributed by atoms with van der Waals surface area (Å²) in [5.41, 5.74) is 1.15. The van der Waals surface area contributed by atoms with Gasteiger partial charge in [0.2, 0.25) is 5.91 Å². The van der Waals surface area contributed by atoms with Crippen molar-refractivity contribution in [2.24, 2.45) is 5.92 Å². The third-order valence-electron chi connectivity index (χ3n) is 4.07. The Labute approximate surface area is 115 Å². The number of hydrogen-bond donors (Lipinski definition) is 0. The number of benzene rings is 1. The minimum Gasteiger partial charge on any atom is -0.497 e. The summed E-state index contributed by atoms with van der Waals surface area (Å²) in [6, 6.07) is 8.32. The van der Waals surface area contributed by atoms with E-state index in [1.807, 2.05) is 36.2 Å². The van der Waals surface area contributed by atoms with Crippen molar-refractivity contribution < 1.29 is 9.53 Å². The lowest BCUT2D eigenvalue weighted by Crippen LogP contribution is -2.36. The van der Waals surface area contributed by atoms with E-state index in [0.717, 1.165) is 23.7 Å². The van der Waals surface area contributed by atoms with Crippen molar-refractivity contribution >= 4 is 5.91 Å². The van der Waals surface area contributed by atoms with Gasteiger partial charge >= 0.3 is 0 Å². The molecule has 0 bridgehead atoms. The van der Waals surface area contributed by atoms with E-state index in [1.165, 1.54) is 12.8 Å². The van der Waals surface area contributed by atoms with Crippen molar-refractivity contribution in [3.8, 4) is 5.75 Å². The molecule has 104 valence electrons. The molecule has 0 radical (unpaired) electrons. The third kappa shape index (κ3) is 3.72. The van der Waals surface area contributed by atoms with Crippen LogP contribution in [0, 0.1) is 5.92 Å². The van der Waals surface area contributed by atoms with E-state index in [2.05, 4.69) is 6.92 Å². The molecule has 1 atom stereocenters. The Morgan fingerprint density at radius 3 is 2.84 bits per heavy atom. The van der Waals surface area contributed by atoms with Crippen LogP contribution in [0.15, 0.2) is 24.3 Å². The molecule has 0 aromatic heterocycles. The van der Waals surface area contributed by atoms with Gasteiger partial charge in [0.15, 0.2) is 0 Å². The Hall–Kier alpha value is -1.51. The zero-order valence-electron chi connectivity index (χ0n) is 12.1. The molecule has 0 aliphatic heterocycles. The number of ether oxygens (including phenoxy) is 1. The maximum Gasteiger partial charge on any atom is 0.222 e. The van der Waals surface area contributed by atoms with E-state index in [9.17, 15) is 4.79 Å². The lowest BCUT2D eigenvalue weighted by atomic mass is 10.1. The van der Waals surface area contributed by atoms with Gasteiger partial charge in [-0.25, -0.2) is 0 Å². The maximum absolute atomic E-state index is 12.1. The van der Waals surface area contributed by atoms with Crippen LogP contribution in [0.1, 0.15) is 31.7 Å². The van der Waals surface area contributed by atoms with E-state index in [1.54, 1.807) is 7.11 Å². The van der Waals surface area contributed by atoms with Gasteiger partial charge in [0.1, 0.15) is 5.75 Å². The summed E-state index contributed by atoms with van der Waals surface area (Å²) >= 11 is 0. The van der Waals surface area contributed by atoms with Crippen molar-refractivity contribution in [3.05, 3.63) is 29.8 Å². The van der Waals surface area contributed by atoms with Gasteiger partial charge in [-0.2, -0.15) is 0 Å². The molecule has 1 aliphatic rings. The second-order valence-electron chi connectivity index (χ2n) is 5.43. The number of amides is 1. The van der Waals surface area contributed by atoms with E-state index in [0.29, 0.717) is 12.5 Å². The summed E-state index contributed by atoms with van der Waals surface area (Å²) in [6.45, 7) is 2.15. The first-order valence-corrected chi connectivity index (χ1v) is 7.00. The fourth-order valence-corrected chi connectivity index (χ4v) is 2.38. The molecule has 1 saturated carbocycles. The van der Waals surface area contributed by atoms with Gasteiger partial charge in [-0.05, 0) is 49.8 Å². The molecule has 0 saturated heterocycles. The van der Waals surface area contributed by atoms with E-state index in [-0.39, 0.29) is 5.91 Å². The molecule has 1 aromatic carbocycles. The highest BCUT2D eigenvalue weighted by molar-refractivity contribution is 5.76. The highest BCUT2D eigenvalue weighted by atomic mass is 16.5. The summed E-state index contributed by atoms with van der Waals surface area (Å²) in [6.07, 6.45) is 3.89. The molecule has 1 amide bonds. The number of aryl methyl sites for hydroxylation is 1. The lowest BCUT2D eigenvalue weighted by molar-refractivity contribution is -0.132. The van der Waals surface area contributed by atoms with Crippen LogP contribution in [0.2, 0.25) is 0 Å². The Balaban J connectivity index is 1.85. The normalized spacial score (nSPS) is 15.9. The number of rotatable bonds is 6. The number of nitrogens with zero attached hydrogens (tertiary/aromatic N) is 1. The second-order valence-corrected chi connectivity index (χ2v) is 5.43. The first-order chi connectivity index (χ1) is 9.11. The molecule has 3 heteroatoms. The molecule has 1 aromatic rings. The van der Waals surface area contributed by atoms with Crippen molar-refractivity contribution in [1.29, 1.82) is 0 Å². The van der Waals surface area contributed by atoms with Crippen LogP contribution < -0.4 is 4.74 Å². The molecule has 3 nitrogen and oxygen atoms in total. The first-order valence-electron chi connectivity index (χ1n) is 7.00. The Kier molecular flexibility index (Phi) is 4.46. The monoisotopic (exact) mass is 261 g/mol. The Morgan fingerprint density at radius 2 is 2.21 bits per heavy atom. The fourth-order valence-electron chi connectivity index (χ4n) is 2.38. The number of carbonyl (C=O) groups excluding carboxylic acids is 1. The summed E-state index contributed by atoms with van der Waals surface area (Å²) < 4.78 is 5.19. The fraction of sp³-hybridized carbons (Fsp3) is 0.562. The Morgan fingerprint density at radius 1 is 1.47 bits per heavy atom. The summed E-state index contributed by atoms with van der Waals surface area (Å²) in [5, 5.41) is 0. The number of carbonyl (C=O) groups is 1. The SMILES string of the molecule is COc1cccc(CCC(=O)N(C)C(C)C2CC2)c1. The number of hydrogen-bond acceptors (Lipinski definition) is 2. The van der Waals surface area contributed by atoms with Gasteiger partial charge in [-0.15, -0.1) is 0 Å². The Bertz CT molecular complexity index is 440. The minimum absolute atomic E-state index is 0.238.